The molecule has 1 amide bonds. The Labute approximate surface area is 168 Å². The number of aryl methyl sites for hydroxylation is 1. The van der Waals surface area contributed by atoms with E-state index in [1.54, 1.807) is 10.7 Å². The maximum absolute atomic E-state index is 12.9. The van der Waals surface area contributed by atoms with E-state index >= 15 is 0 Å². The highest BCUT2D eigenvalue weighted by molar-refractivity contribution is 5.95. The maximum Gasteiger partial charge on any atom is 0.252 e. The second kappa shape index (κ2) is 7.75. The quantitative estimate of drug-likeness (QED) is 0.572. The van der Waals surface area contributed by atoms with Gasteiger partial charge in [-0.05, 0) is 31.5 Å². The number of carbonyl (C=O) groups is 1. The molecule has 0 spiro atoms. The normalized spacial score (nSPS) is 11.0. The molecule has 0 aliphatic rings. The number of carbonyl (C=O) groups excluding carboxylic acids is 1. The molecule has 0 aliphatic heterocycles. The van der Waals surface area contributed by atoms with Crippen LogP contribution < -0.4 is 10.9 Å². The highest BCUT2D eigenvalue weighted by Crippen LogP contribution is 2.31. The highest BCUT2D eigenvalue weighted by Gasteiger charge is 2.21. The molecular weight excluding hydrogens is 364 g/mol. The Hall–Kier alpha value is -3.67. The van der Waals surface area contributed by atoms with Crippen LogP contribution in [0.25, 0.3) is 28.0 Å². The number of aromatic nitrogens is 3. The number of hydrogen-bond acceptors (Lipinski definition) is 3. The van der Waals surface area contributed by atoms with Crippen LogP contribution in [0.1, 0.15) is 12.5 Å². The van der Waals surface area contributed by atoms with Gasteiger partial charge in [-0.2, -0.15) is 5.10 Å². The molecule has 2 heterocycles. The van der Waals surface area contributed by atoms with Crippen molar-refractivity contribution in [1.82, 2.24) is 19.7 Å². The molecule has 1 N–H and O–H groups in total. The first kappa shape index (κ1) is 18.7. The minimum absolute atomic E-state index is 0.0593. The molecule has 0 saturated heterocycles. The molecule has 0 fully saturated rings. The second-order valence-corrected chi connectivity index (χ2v) is 6.87. The molecule has 4 aromatic rings. The van der Waals surface area contributed by atoms with Crippen LogP contribution in [-0.2, 0) is 11.3 Å². The standard InChI is InChI=1S/C23H22N4O2/c1-3-24-19(28)15-26-20(29)14-16(2)21-22(17-10-6-4-7-11-17)25-27(23(21)26)18-12-8-5-9-13-18/h4-14H,3,15H2,1-2H3,(H,24,28). The summed E-state index contributed by atoms with van der Waals surface area (Å²) in [6.45, 7) is 4.21. The van der Waals surface area contributed by atoms with E-state index in [1.165, 1.54) is 4.57 Å². The summed E-state index contributed by atoms with van der Waals surface area (Å²) in [4.78, 5) is 25.2. The Balaban J connectivity index is 2.07. The molecule has 4 rings (SSSR count). The summed E-state index contributed by atoms with van der Waals surface area (Å²) in [6.07, 6.45) is 0. The van der Waals surface area contributed by atoms with Gasteiger partial charge in [0.2, 0.25) is 5.91 Å². The van der Waals surface area contributed by atoms with Gasteiger partial charge in [-0.1, -0.05) is 48.5 Å². The summed E-state index contributed by atoms with van der Waals surface area (Å²) in [5.74, 6) is -0.207. The molecular formula is C23H22N4O2. The van der Waals surface area contributed by atoms with Crippen LogP contribution in [0.3, 0.4) is 0 Å². The fourth-order valence-corrected chi connectivity index (χ4v) is 3.56. The number of benzene rings is 2. The topological polar surface area (TPSA) is 68.9 Å². The Morgan fingerprint density at radius 3 is 2.34 bits per heavy atom. The van der Waals surface area contributed by atoms with Crippen molar-refractivity contribution in [3.8, 4) is 16.9 Å². The van der Waals surface area contributed by atoms with Crippen molar-refractivity contribution in [2.24, 2.45) is 0 Å². The Bertz CT molecular complexity index is 1220. The maximum atomic E-state index is 12.9. The lowest BCUT2D eigenvalue weighted by molar-refractivity contribution is -0.121. The summed E-state index contributed by atoms with van der Waals surface area (Å²) in [5.41, 5.74) is 3.79. The number of fused-ring (bicyclic) bond motifs is 1. The summed E-state index contributed by atoms with van der Waals surface area (Å²) < 4.78 is 3.26. The second-order valence-electron chi connectivity index (χ2n) is 6.87. The summed E-state index contributed by atoms with van der Waals surface area (Å²) in [6, 6.07) is 21.1. The molecule has 0 atom stereocenters. The first-order chi connectivity index (χ1) is 14.1. The van der Waals surface area contributed by atoms with Crippen LogP contribution in [0, 0.1) is 6.92 Å². The lowest BCUT2D eigenvalue weighted by atomic mass is 10.1. The van der Waals surface area contributed by atoms with E-state index in [-0.39, 0.29) is 18.0 Å². The van der Waals surface area contributed by atoms with Gasteiger partial charge in [0, 0.05) is 23.6 Å². The van der Waals surface area contributed by atoms with Crippen molar-refractivity contribution in [2.75, 3.05) is 6.54 Å². The van der Waals surface area contributed by atoms with Gasteiger partial charge >= 0.3 is 0 Å². The van der Waals surface area contributed by atoms with Gasteiger partial charge < -0.3 is 5.32 Å². The molecule has 0 bridgehead atoms. The van der Waals surface area contributed by atoms with Gasteiger partial charge in [0.25, 0.3) is 5.56 Å². The fourth-order valence-electron chi connectivity index (χ4n) is 3.56. The molecule has 29 heavy (non-hydrogen) atoms. The van der Waals surface area contributed by atoms with Crippen LogP contribution in [0.5, 0.6) is 0 Å². The van der Waals surface area contributed by atoms with Crippen molar-refractivity contribution >= 4 is 16.9 Å². The van der Waals surface area contributed by atoms with Gasteiger partial charge in [-0.15, -0.1) is 0 Å². The highest BCUT2D eigenvalue weighted by atomic mass is 16.2. The van der Waals surface area contributed by atoms with Crippen molar-refractivity contribution in [3.63, 3.8) is 0 Å². The third-order valence-corrected chi connectivity index (χ3v) is 4.84. The van der Waals surface area contributed by atoms with Crippen LogP contribution in [0.2, 0.25) is 0 Å². The number of nitrogens with one attached hydrogen (secondary N) is 1. The fraction of sp³-hybridized carbons (Fsp3) is 0.174. The van der Waals surface area contributed by atoms with Crippen LogP contribution in [0.15, 0.2) is 71.5 Å². The zero-order valence-corrected chi connectivity index (χ0v) is 16.4. The predicted octanol–water partition coefficient (Wildman–Crippen LogP) is 3.30. The first-order valence-electron chi connectivity index (χ1n) is 9.61. The average Bonchev–Trinajstić information content (AvgIpc) is 3.14. The number of amides is 1. The van der Waals surface area contributed by atoms with E-state index in [4.69, 9.17) is 5.10 Å². The van der Waals surface area contributed by atoms with Crippen LogP contribution in [-0.4, -0.2) is 26.8 Å². The zero-order valence-electron chi connectivity index (χ0n) is 16.4. The molecule has 0 unspecified atom stereocenters. The lowest BCUT2D eigenvalue weighted by Gasteiger charge is -2.12. The Morgan fingerprint density at radius 1 is 1.03 bits per heavy atom. The summed E-state index contributed by atoms with van der Waals surface area (Å²) >= 11 is 0. The van der Waals surface area contributed by atoms with Crippen molar-refractivity contribution in [1.29, 1.82) is 0 Å². The molecule has 0 aliphatic carbocycles. The predicted molar refractivity (Wildman–Crippen MR) is 114 cm³/mol. The van der Waals surface area contributed by atoms with E-state index in [1.807, 2.05) is 74.5 Å². The van der Waals surface area contributed by atoms with Crippen LogP contribution >= 0.6 is 0 Å². The van der Waals surface area contributed by atoms with Gasteiger partial charge in [-0.25, -0.2) is 4.68 Å². The third kappa shape index (κ3) is 3.45. The molecule has 0 saturated carbocycles. The number of rotatable bonds is 5. The number of likely N-dealkylation sites (N-methyl/N-ethyl adjacent to an activating group) is 1. The minimum atomic E-state index is -0.224. The van der Waals surface area contributed by atoms with Gasteiger partial charge in [0.05, 0.1) is 5.69 Å². The Morgan fingerprint density at radius 2 is 1.69 bits per heavy atom. The van der Waals surface area contributed by atoms with Crippen molar-refractivity contribution < 1.29 is 4.79 Å². The lowest BCUT2D eigenvalue weighted by Crippen LogP contribution is -2.32. The van der Waals surface area contributed by atoms with Gasteiger partial charge in [0.1, 0.15) is 17.9 Å². The average molecular weight is 386 g/mol. The Kier molecular flexibility index (Phi) is 4.99. The SMILES string of the molecule is CCNC(=O)Cn1c(=O)cc(C)c2c(-c3ccccc3)nn(-c3ccccc3)c21. The zero-order chi connectivity index (χ0) is 20.4. The smallest absolute Gasteiger partial charge is 0.252 e. The molecule has 2 aromatic carbocycles. The third-order valence-electron chi connectivity index (χ3n) is 4.84. The van der Waals surface area contributed by atoms with Gasteiger partial charge in [0.15, 0.2) is 0 Å². The summed E-state index contributed by atoms with van der Waals surface area (Å²) in [5, 5.41) is 8.51. The monoisotopic (exact) mass is 386 g/mol. The van der Waals surface area contributed by atoms with E-state index in [0.717, 1.165) is 27.9 Å². The number of para-hydroxylation sites is 1. The molecule has 2 aromatic heterocycles. The van der Waals surface area contributed by atoms with Crippen molar-refractivity contribution in [3.05, 3.63) is 82.6 Å². The summed E-state index contributed by atoms with van der Waals surface area (Å²) in [7, 11) is 0. The van der Waals surface area contributed by atoms with E-state index < -0.39 is 0 Å². The largest absolute Gasteiger partial charge is 0.355 e. The van der Waals surface area contributed by atoms with Crippen LogP contribution in [0.4, 0.5) is 0 Å². The molecule has 6 heteroatoms. The van der Waals surface area contributed by atoms with Gasteiger partial charge in [-0.3, -0.25) is 14.2 Å². The molecule has 0 radical (unpaired) electrons. The molecule has 146 valence electrons. The minimum Gasteiger partial charge on any atom is -0.355 e. The number of pyridine rings is 1. The number of nitrogens with zero attached hydrogens (tertiary/aromatic N) is 3. The molecule has 6 nitrogen and oxygen atoms in total. The first-order valence-corrected chi connectivity index (χ1v) is 9.61. The van der Waals surface area contributed by atoms with E-state index in [9.17, 15) is 9.59 Å². The van der Waals surface area contributed by atoms with Crippen molar-refractivity contribution in [2.45, 2.75) is 20.4 Å². The number of hydrogen-bond donors (Lipinski definition) is 1. The van der Waals surface area contributed by atoms with E-state index in [0.29, 0.717) is 12.2 Å². The van der Waals surface area contributed by atoms with E-state index in [2.05, 4.69) is 5.32 Å².